The molecule has 0 fully saturated rings. The van der Waals surface area contributed by atoms with Gasteiger partial charge in [-0.05, 0) is 0 Å². The van der Waals surface area contributed by atoms with E-state index in [1.54, 1.807) is 0 Å². The van der Waals surface area contributed by atoms with Crippen LogP contribution in [0.25, 0.3) is 11.3 Å². The molecule has 0 N–H and O–H groups in total. The van der Waals surface area contributed by atoms with Crippen LogP contribution in [0.4, 0.5) is 0 Å². The van der Waals surface area contributed by atoms with Crippen molar-refractivity contribution in [2.45, 2.75) is 0 Å². The van der Waals surface area contributed by atoms with Crippen molar-refractivity contribution in [1.29, 1.82) is 0 Å². The largest absolute Gasteiger partial charge is 0.487 e. The number of hydrogen-bond donors (Lipinski definition) is 0. The van der Waals surface area contributed by atoms with Crippen LogP contribution in [-0.4, -0.2) is 4.57 Å². The van der Waals surface area contributed by atoms with E-state index in [4.69, 9.17) is 0 Å². The van der Waals surface area contributed by atoms with Crippen LogP contribution in [0.15, 0.2) is 48.7 Å². The van der Waals surface area contributed by atoms with Gasteiger partial charge in [0.05, 0.1) is 0 Å². The van der Waals surface area contributed by atoms with Crippen molar-refractivity contribution in [1.82, 2.24) is 4.57 Å². The zero-order valence-corrected chi connectivity index (χ0v) is 16.0. The molecule has 85 valence electrons. The summed E-state index contributed by atoms with van der Waals surface area (Å²) in [4.78, 5) is 0. The Morgan fingerprint density at radius 1 is 0.706 bits per heavy atom. The molecule has 5 radical (unpaired) electrons. The molecule has 1 nitrogen and oxygen atoms in total. The Labute approximate surface area is 162 Å². The fourth-order valence-electron chi connectivity index (χ4n) is 1.29. The average Bonchev–Trinajstić information content (AvgIpc) is 2.53. The van der Waals surface area contributed by atoms with Gasteiger partial charge >= 0.3 is 0 Å². The van der Waals surface area contributed by atoms with E-state index in [2.05, 4.69) is 25.2 Å². The van der Waals surface area contributed by atoms with Crippen LogP contribution >= 0.6 is 0 Å². The first-order chi connectivity index (χ1) is 5.88. The minimum absolute atomic E-state index is 0. The summed E-state index contributed by atoms with van der Waals surface area (Å²) in [5, 5.41) is 0. The van der Waals surface area contributed by atoms with Gasteiger partial charge in [0, 0.05) is 92.8 Å². The van der Waals surface area contributed by atoms with E-state index in [0.29, 0.717) is 0 Å². The maximum absolute atomic E-state index is 3.87. The van der Waals surface area contributed by atoms with E-state index in [1.165, 1.54) is 5.56 Å². The van der Waals surface area contributed by atoms with Crippen LogP contribution in [0.5, 0.6) is 0 Å². The minimum atomic E-state index is 0. The van der Waals surface area contributed by atoms with E-state index in [-0.39, 0.29) is 92.8 Å². The van der Waals surface area contributed by atoms with Crippen LogP contribution in [0.1, 0.15) is 0 Å². The molecule has 0 unspecified atom stereocenters. The van der Waals surface area contributed by atoms with Gasteiger partial charge in [-0.15, -0.1) is 25.4 Å². The Morgan fingerprint density at radius 3 is 1.65 bits per heavy atom. The molecule has 0 aliphatic rings. The summed E-state index contributed by atoms with van der Waals surface area (Å²) in [7, 11) is 3.87. The van der Waals surface area contributed by atoms with Crippen LogP contribution < -0.4 is 0 Å². The monoisotopic (exact) mass is 411 g/mol. The SMILES string of the molecule is [CH2-]n1cccc1-c1ccccc1.[V].[V].[V].[V].[V]. The molecule has 1 heterocycles. The molecule has 1 aromatic carbocycles. The van der Waals surface area contributed by atoms with Gasteiger partial charge in [-0.2, -0.15) is 0 Å². The Balaban J connectivity index is -0.000000169. The summed E-state index contributed by atoms with van der Waals surface area (Å²) in [5.41, 5.74) is 2.35. The topological polar surface area (TPSA) is 4.93 Å². The molecule has 0 bridgehead atoms. The molecule has 17 heavy (non-hydrogen) atoms. The summed E-state index contributed by atoms with van der Waals surface area (Å²) in [6.45, 7) is 0. The molecule has 0 atom stereocenters. The van der Waals surface area contributed by atoms with Crippen molar-refractivity contribution < 1.29 is 92.8 Å². The van der Waals surface area contributed by atoms with E-state index in [1.807, 2.05) is 35.0 Å². The number of rotatable bonds is 1. The van der Waals surface area contributed by atoms with Gasteiger partial charge in [0.25, 0.3) is 0 Å². The number of aromatic nitrogens is 1. The van der Waals surface area contributed by atoms with Gasteiger partial charge in [0.1, 0.15) is 0 Å². The van der Waals surface area contributed by atoms with Gasteiger partial charge in [0.2, 0.25) is 0 Å². The van der Waals surface area contributed by atoms with Crippen LogP contribution in [-0.2, 0) is 92.8 Å². The van der Waals surface area contributed by atoms with Crippen molar-refractivity contribution in [3.05, 3.63) is 55.7 Å². The van der Waals surface area contributed by atoms with Crippen molar-refractivity contribution in [2.24, 2.45) is 0 Å². The normalized spacial score (nSPS) is 7.06. The molecule has 1 aromatic heterocycles. The molecule has 2 aromatic rings. The number of benzene rings is 1. The van der Waals surface area contributed by atoms with Crippen molar-refractivity contribution in [3.63, 3.8) is 0 Å². The molecule has 0 aliphatic carbocycles. The first-order valence-electron chi connectivity index (χ1n) is 3.91. The van der Waals surface area contributed by atoms with E-state index >= 15 is 0 Å². The molecule has 0 saturated heterocycles. The fraction of sp³-hybridized carbons (Fsp3) is 0. The Bertz CT molecular complexity index is 374. The van der Waals surface area contributed by atoms with Gasteiger partial charge in [-0.25, -0.2) is 0 Å². The molecule has 2 rings (SSSR count). The molecule has 0 spiro atoms. The average molecular weight is 411 g/mol. The second-order valence-corrected chi connectivity index (χ2v) is 2.73. The van der Waals surface area contributed by atoms with Crippen molar-refractivity contribution in [2.75, 3.05) is 0 Å². The number of hydrogen-bond acceptors (Lipinski definition) is 0. The molecule has 0 saturated carbocycles. The van der Waals surface area contributed by atoms with Gasteiger partial charge in [0.15, 0.2) is 0 Å². The van der Waals surface area contributed by atoms with E-state index < -0.39 is 0 Å². The van der Waals surface area contributed by atoms with Gasteiger partial charge < -0.3 is 4.57 Å². The standard InChI is InChI=1S/C11H10N.5V/c1-12-9-5-8-11(12)10-6-3-2-4-7-10;;;;;/h2-9H,1H2;;;;;/q-1;;;;;. The summed E-state index contributed by atoms with van der Waals surface area (Å²) >= 11 is 0. The summed E-state index contributed by atoms with van der Waals surface area (Å²) < 4.78 is 1.87. The first-order valence-corrected chi connectivity index (χ1v) is 3.91. The van der Waals surface area contributed by atoms with Gasteiger partial charge in [-0.3, -0.25) is 0 Å². The Morgan fingerprint density at radius 2 is 1.24 bits per heavy atom. The molecular weight excluding hydrogens is 401 g/mol. The van der Waals surface area contributed by atoms with Crippen LogP contribution in [0.3, 0.4) is 0 Å². The van der Waals surface area contributed by atoms with E-state index in [0.717, 1.165) is 5.69 Å². The van der Waals surface area contributed by atoms with Crippen molar-refractivity contribution >= 4 is 0 Å². The van der Waals surface area contributed by atoms with Crippen LogP contribution in [0, 0.1) is 7.05 Å². The fourth-order valence-corrected chi connectivity index (χ4v) is 1.29. The zero-order chi connectivity index (χ0) is 8.39. The maximum atomic E-state index is 3.87. The maximum Gasteiger partial charge on any atom is 0 e. The Kier molecular flexibility index (Phi) is 21.6. The summed E-state index contributed by atoms with van der Waals surface area (Å²) in [5.74, 6) is 0. The number of nitrogens with zero attached hydrogens (tertiary/aromatic N) is 1. The van der Waals surface area contributed by atoms with Crippen LogP contribution in [0.2, 0.25) is 0 Å². The second kappa shape index (κ2) is 13.7. The van der Waals surface area contributed by atoms with Crippen molar-refractivity contribution in [3.8, 4) is 11.3 Å². The first kappa shape index (κ1) is 26.8. The van der Waals surface area contributed by atoms with Gasteiger partial charge in [-0.1, -0.05) is 41.6 Å². The minimum Gasteiger partial charge on any atom is -0.487 e. The molecule has 0 amide bonds. The second-order valence-electron chi connectivity index (χ2n) is 2.73. The quantitative estimate of drug-likeness (QED) is 0.637. The smallest absolute Gasteiger partial charge is 0 e. The summed E-state index contributed by atoms with van der Waals surface area (Å²) in [6, 6.07) is 14.3. The third-order valence-corrected chi connectivity index (χ3v) is 1.90. The third kappa shape index (κ3) is 7.45. The predicted molar refractivity (Wildman–Crippen MR) is 50.6 cm³/mol. The third-order valence-electron chi connectivity index (χ3n) is 1.90. The molecule has 0 aliphatic heterocycles. The van der Waals surface area contributed by atoms with E-state index in [9.17, 15) is 0 Å². The molecular formula is C11H10NV5-. The Hall–Kier alpha value is 1.29. The predicted octanol–water partition coefficient (Wildman–Crippen LogP) is 2.78. The summed E-state index contributed by atoms with van der Waals surface area (Å²) in [6.07, 6.45) is 1.95. The molecule has 6 heteroatoms. The zero-order valence-electron chi connectivity index (χ0n) is 9.01.